The second-order valence-electron chi connectivity index (χ2n) is 4.43. The number of hydrogen-bond donors (Lipinski definition) is 1. The molecule has 0 spiro atoms. The molecule has 2 atom stereocenters. The van der Waals surface area contributed by atoms with Crippen molar-refractivity contribution in [2.45, 2.75) is 29.5 Å². The number of halogens is 1. The van der Waals surface area contributed by atoms with Crippen molar-refractivity contribution >= 4 is 39.0 Å². The summed E-state index contributed by atoms with van der Waals surface area (Å²) in [6, 6.07) is 12.5. The summed E-state index contributed by atoms with van der Waals surface area (Å²) < 4.78 is 6.34. The van der Waals surface area contributed by atoms with Crippen LogP contribution in [0.5, 0.6) is 5.75 Å². The molecule has 1 aromatic heterocycles. The van der Waals surface area contributed by atoms with E-state index in [1.165, 1.54) is 9.77 Å². The van der Waals surface area contributed by atoms with Crippen molar-refractivity contribution in [2.24, 2.45) is 5.73 Å². The van der Waals surface area contributed by atoms with E-state index in [1.54, 1.807) is 18.4 Å². The predicted octanol–water partition coefficient (Wildman–Crippen LogP) is 5.09. The van der Waals surface area contributed by atoms with Gasteiger partial charge in [-0.25, -0.2) is 0 Å². The number of benzene rings is 1. The van der Waals surface area contributed by atoms with Crippen molar-refractivity contribution in [1.29, 1.82) is 0 Å². The van der Waals surface area contributed by atoms with Crippen molar-refractivity contribution in [3.63, 3.8) is 0 Å². The molecule has 0 fully saturated rings. The average Bonchev–Trinajstić information content (AvgIpc) is 2.91. The van der Waals surface area contributed by atoms with Crippen LogP contribution in [-0.2, 0) is 0 Å². The summed E-state index contributed by atoms with van der Waals surface area (Å²) in [4.78, 5) is 2.52. The lowest BCUT2D eigenvalue weighted by molar-refractivity contribution is 0.414. The number of methoxy groups -OCH3 is 1. The van der Waals surface area contributed by atoms with Crippen molar-refractivity contribution in [2.75, 3.05) is 7.11 Å². The molecule has 0 saturated heterocycles. The van der Waals surface area contributed by atoms with Crippen LogP contribution in [0.2, 0.25) is 0 Å². The molecule has 2 rings (SSSR count). The van der Waals surface area contributed by atoms with Crippen LogP contribution in [0, 0.1) is 0 Å². The van der Waals surface area contributed by atoms with E-state index in [0.29, 0.717) is 0 Å². The fourth-order valence-corrected chi connectivity index (χ4v) is 4.77. The van der Waals surface area contributed by atoms with E-state index in [-0.39, 0.29) is 11.3 Å². The number of rotatable bonds is 6. The zero-order valence-corrected chi connectivity index (χ0v) is 14.7. The highest BCUT2D eigenvalue weighted by Gasteiger charge is 2.21. The number of thioether (sulfide) groups is 1. The summed E-state index contributed by atoms with van der Waals surface area (Å²) in [5.41, 5.74) is 6.31. The van der Waals surface area contributed by atoms with Gasteiger partial charge in [0.15, 0.2) is 0 Å². The number of nitrogens with two attached hydrogens (primary N) is 1. The normalized spacial score (nSPS) is 14.0. The Morgan fingerprint density at radius 1 is 1.25 bits per heavy atom. The maximum absolute atomic E-state index is 6.31. The van der Waals surface area contributed by atoms with Crippen molar-refractivity contribution < 1.29 is 4.74 Å². The Hall–Kier alpha value is -0.490. The van der Waals surface area contributed by atoms with Crippen LogP contribution in [0.4, 0.5) is 0 Å². The van der Waals surface area contributed by atoms with Gasteiger partial charge in [0, 0.05) is 15.8 Å². The van der Waals surface area contributed by atoms with Gasteiger partial charge < -0.3 is 10.5 Å². The number of ether oxygens (including phenoxy) is 1. The van der Waals surface area contributed by atoms with Gasteiger partial charge in [-0.2, -0.15) is 0 Å². The smallest absolute Gasteiger partial charge is 0.118 e. The van der Waals surface area contributed by atoms with Gasteiger partial charge in [0.1, 0.15) is 5.75 Å². The summed E-state index contributed by atoms with van der Waals surface area (Å²) in [6.07, 6.45) is 0.962. The fourth-order valence-electron chi connectivity index (χ4n) is 1.85. The van der Waals surface area contributed by atoms with Gasteiger partial charge in [-0.05, 0) is 58.7 Å². The fraction of sp³-hybridized carbons (Fsp3) is 0.333. The molecule has 2 N–H and O–H groups in total. The molecule has 2 nitrogen and oxygen atoms in total. The Morgan fingerprint density at radius 2 is 1.95 bits per heavy atom. The standard InChI is InChI=1S/C15H18BrNOS2/c1-3-12(17)15(13-8-9-14(16)20-13)19-11-6-4-10(18-2)5-7-11/h4-9,12,15H,3,17H2,1-2H3. The Morgan fingerprint density at radius 3 is 2.45 bits per heavy atom. The lowest BCUT2D eigenvalue weighted by Crippen LogP contribution is -2.25. The third-order valence-corrected chi connectivity index (χ3v) is 6.31. The molecule has 1 heterocycles. The van der Waals surface area contributed by atoms with Crippen LogP contribution in [0.15, 0.2) is 45.1 Å². The third-order valence-electron chi connectivity index (χ3n) is 3.06. The summed E-state index contributed by atoms with van der Waals surface area (Å²) >= 11 is 7.10. The molecule has 0 aliphatic rings. The molecule has 2 unspecified atom stereocenters. The average molecular weight is 372 g/mol. The second kappa shape index (κ2) is 7.50. The summed E-state index contributed by atoms with van der Waals surface area (Å²) in [7, 11) is 1.68. The van der Waals surface area contributed by atoms with Gasteiger partial charge in [-0.1, -0.05) is 6.92 Å². The van der Waals surface area contributed by atoms with Crippen molar-refractivity contribution in [3.05, 3.63) is 45.1 Å². The van der Waals surface area contributed by atoms with E-state index in [9.17, 15) is 0 Å². The zero-order valence-electron chi connectivity index (χ0n) is 11.5. The molecule has 5 heteroatoms. The van der Waals surface area contributed by atoms with Crippen LogP contribution in [0.1, 0.15) is 23.5 Å². The highest BCUT2D eigenvalue weighted by atomic mass is 79.9. The molecule has 108 valence electrons. The van der Waals surface area contributed by atoms with E-state index in [1.807, 2.05) is 23.9 Å². The van der Waals surface area contributed by atoms with Crippen LogP contribution < -0.4 is 10.5 Å². The molecule has 0 radical (unpaired) electrons. The molecule has 0 aliphatic carbocycles. The first-order chi connectivity index (χ1) is 9.63. The third kappa shape index (κ3) is 4.01. The highest BCUT2D eigenvalue weighted by Crippen LogP contribution is 2.42. The van der Waals surface area contributed by atoms with Crippen molar-refractivity contribution in [3.8, 4) is 5.75 Å². The lowest BCUT2D eigenvalue weighted by Gasteiger charge is -2.21. The molecule has 2 aromatic rings. The summed E-state index contributed by atoms with van der Waals surface area (Å²) in [5, 5.41) is 0.282. The number of hydrogen-bond acceptors (Lipinski definition) is 4. The molecular formula is C15H18BrNOS2. The SMILES string of the molecule is CCC(N)C(Sc1ccc(OC)cc1)c1ccc(Br)s1. The Bertz CT molecular complexity index is 541. The molecule has 0 amide bonds. The zero-order chi connectivity index (χ0) is 14.5. The first-order valence-electron chi connectivity index (χ1n) is 6.45. The minimum Gasteiger partial charge on any atom is -0.497 e. The van der Waals surface area contributed by atoms with Crippen molar-refractivity contribution in [1.82, 2.24) is 0 Å². The quantitative estimate of drug-likeness (QED) is 0.718. The topological polar surface area (TPSA) is 35.2 Å². The molecule has 0 aliphatic heterocycles. The summed E-state index contributed by atoms with van der Waals surface area (Å²) in [5.74, 6) is 0.879. The van der Waals surface area contributed by atoms with E-state index < -0.39 is 0 Å². The molecule has 0 bridgehead atoms. The Balaban J connectivity index is 2.18. The molecule has 0 saturated carbocycles. The molecule has 20 heavy (non-hydrogen) atoms. The largest absolute Gasteiger partial charge is 0.497 e. The van der Waals surface area contributed by atoms with Gasteiger partial charge >= 0.3 is 0 Å². The minimum absolute atomic E-state index is 0.146. The van der Waals surface area contributed by atoms with Crippen LogP contribution in [0.3, 0.4) is 0 Å². The monoisotopic (exact) mass is 371 g/mol. The number of thiophene rings is 1. The first kappa shape index (κ1) is 15.9. The van der Waals surface area contributed by atoms with Crippen LogP contribution in [0.25, 0.3) is 0 Å². The highest BCUT2D eigenvalue weighted by molar-refractivity contribution is 9.11. The second-order valence-corrected chi connectivity index (χ2v) is 8.14. The summed E-state index contributed by atoms with van der Waals surface area (Å²) in [6.45, 7) is 2.13. The first-order valence-corrected chi connectivity index (χ1v) is 8.94. The van der Waals surface area contributed by atoms with Crippen LogP contribution >= 0.6 is 39.0 Å². The van der Waals surface area contributed by atoms with E-state index in [0.717, 1.165) is 16.0 Å². The lowest BCUT2D eigenvalue weighted by atomic mass is 10.1. The van der Waals surface area contributed by atoms with Gasteiger partial charge in [0.05, 0.1) is 16.1 Å². The van der Waals surface area contributed by atoms with Crippen LogP contribution in [-0.4, -0.2) is 13.2 Å². The predicted molar refractivity (Wildman–Crippen MR) is 91.9 cm³/mol. The van der Waals surface area contributed by atoms with E-state index >= 15 is 0 Å². The van der Waals surface area contributed by atoms with Gasteiger partial charge in [0.2, 0.25) is 0 Å². The maximum Gasteiger partial charge on any atom is 0.118 e. The maximum atomic E-state index is 6.31. The van der Waals surface area contributed by atoms with Gasteiger partial charge in [-0.15, -0.1) is 23.1 Å². The molecule has 1 aromatic carbocycles. The van der Waals surface area contributed by atoms with E-state index in [4.69, 9.17) is 10.5 Å². The molecular weight excluding hydrogens is 354 g/mol. The van der Waals surface area contributed by atoms with Gasteiger partial charge in [0.25, 0.3) is 0 Å². The Labute approximate surface area is 136 Å². The van der Waals surface area contributed by atoms with Gasteiger partial charge in [-0.3, -0.25) is 0 Å². The Kier molecular flexibility index (Phi) is 5.96. The minimum atomic E-state index is 0.146. The van der Waals surface area contributed by atoms with E-state index in [2.05, 4.69) is 47.1 Å².